The summed E-state index contributed by atoms with van der Waals surface area (Å²) in [5.74, 6) is -1.68. The molecule has 0 unspecified atom stereocenters. The Morgan fingerprint density at radius 2 is 2.21 bits per heavy atom. The van der Waals surface area contributed by atoms with E-state index in [1.165, 1.54) is 0 Å². The highest BCUT2D eigenvalue weighted by molar-refractivity contribution is 5.89. The molecule has 0 saturated carbocycles. The Hall–Kier alpha value is -1.79. The molecule has 0 atom stereocenters. The Labute approximate surface area is 76.3 Å². The third-order valence-electron chi connectivity index (χ3n) is 1.42. The molecule has 1 rings (SSSR count). The molecule has 0 aromatic carbocycles. The summed E-state index contributed by atoms with van der Waals surface area (Å²) in [7, 11) is 0. The fraction of sp³-hybridized carbons (Fsp3) is 0.143. The lowest BCUT2D eigenvalue weighted by Gasteiger charge is -2.02. The van der Waals surface area contributed by atoms with Gasteiger partial charge >= 0.3 is 12.1 Å². The topological polar surface area (TPSA) is 55.1 Å². The Morgan fingerprint density at radius 3 is 2.50 bits per heavy atom. The lowest BCUT2D eigenvalue weighted by Crippen LogP contribution is -2.11. The van der Waals surface area contributed by atoms with Crippen LogP contribution in [0, 0.1) is 0 Å². The van der Waals surface area contributed by atoms with Crippen molar-refractivity contribution in [3.05, 3.63) is 24.0 Å². The number of nitrogens with zero attached hydrogens (tertiary/aromatic N) is 2. The van der Waals surface area contributed by atoms with Crippen molar-refractivity contribution >= 4 is 12.2 Å². The molecule has 4 nitrogen and oxygen atoms in total. The first-order chi connectivity index (χ1) is 6.36. The first kappa shape index (κ1) is 10.3. The lowest BCUT2D eigenvalue weighted by atomic mass is 10.2. The van der Waals surface area contributed by atoms with E-state index < -0.39 is 23.4 Å². The first-order valence-electron chi connectivity index (χ1n) is 3.38. The van der Waals surface area contributed by atoms with Crippen LogP contribution in [0.4, 0.5) is 13.2 Å². The quantitative estimate of drug-likeness (QED) is 0.801. The number of carboxylic acids is 1. The van der Waals surface area contributed by atoms with Gasteiger partial charge in [-0.15, -0.1) is 0 Å². The molecule has 0 aliphatic rings. The second-order valence-corrected chi connectivity index (χ2v) is 2.36. The van der Waals surface area contributed by atoms with Crippen LogP contribution in [0.5, 0.6) is 0 Å². The summed E-state index contributed by atoms with van der Waals surface area (Å²) < 4.78 is 37.3. The van der Waals surface area contributed by atoms with Crippen molar-refractivity contribution in [2.75, 3.05) is 0 Å². The molecule has 1 aromatic heterocycles. The van der Waals surface area contributed by atoms with Gasteiger partial charge in [-0.3, -0.25) is 0 Å². The van der Waals surface area contributed by atoms with Crippen LogP contribution in [-0.2, 0) is 6.18 Å². The zero-order valence-electron chi connectivity index (χ0n) is 6.75. The fourth-order valence-corrected chi connectivity index (χ4v) is 0.851. The molecule has 0 aliphatic heterocycles. The third-order valence-corrected chi connectivity index (χ3v) is 1.42. The molecule has 0 fully saturated rings. The van der Waals surface area contributed by atoms with Gasteiger partial charge in [0, 0.05) is 12.4 Å². The van der Waals surface area contributed by atoms with Crippen LogP contribution in [0.25, 0.3) is 6.20 Å². The normalized spacial score (nSPS) is 11.4. The SMILES string of the molecule is C=Cn1cc(C(=O)O)c(C(F)(F)F)n1. The monoisotopic (exact) mass is 206 g/mol. The minimum absolute atomic E-state index is 0.701. The number of carbonyl (C=O) groups is 1. The van der Waals surface area contributed by atoms with E-state index in [4.69, 9.17) is 5.11 Å². The molecule has 0 aliphatic carbocycles. The van der Waals surface area contributed by atoms with Crippen LogP contribution in [0.2, 0.25) is 0 Å². The molecule has 1 aromatic rings. The van der Waals surface area contributed by atoms with Crippen molar-refractivity contribution in [3.8, 4) is 0 Å². The van der Waals surface area contributed by atoms with E-state index in [1.807, 2.05) is 0 Å². The van der Waals surface area contributed by atoms with Gasteiger partial charge in [0.25, 0.3) is 0 Å². The number of carboxylic acid groups (broad SMARTS) is 1. The number of alkyl halides is 3. The molecule has 0 saturated heterocycles. The molecule has 14 heavy (non-hydrogen) atoms. The molecule has 0 spiro atoms. The molecule has 0 amide bonds. The number of hydrogen-bond donors (Lipinski definition) is 1. The van der Waals surface area contributed by atoms with Gasteiger partial charge in [0.05, 0.1) is 0 Å². The van der Waals surface area contributed by atoms with Crippen molar-refractivity contribution in [2.24, 2.45) is 0 Å². The number of hydrogen-bond acceptors (Lipinski definition) is 2. The third kappa shape index (κ3) is 1.76. The summed E-state index contributed by atoms with van der Waals surface area (Å²) in [6.45, 7) is 3.17. The van der Waals surface area contributed by atoms with Crippen molar-refractivity contribution in [2.45, 2.75) is 6.18 Å². The Balaban J connectivity index is 3.33. The Morgan fingerprint density at radius 1 is 1.64 bits per heavy atom. The second-order valence-electron chi connectivity index (χ2n) is 2.36. The van der Waals surface area contributed by atoms with Gasteiger partial charge in [0.1, 0.15) is 5.56 Å². The molecule has 1 N–H and O–H groups in total. The predicted octanol–water partition coefficient (Wildman–Crippen LogP) is 1.70. The van der Waals surface area contributed by atoms with Crippen LogP contribution in [0.1, 0.15) is 16.1 Å². The summed E-state index contributed by atoms with van der Waals surface area (Å²) in [5.41, 5.74) is -2.32. The maximum Gasteiger partial charge on any atom is 0.436 e. The van der Waals surface area contributed by atoms with Crippen molar-refractivity contribution in [1.82, 2.24) is 9.78 Å². The predicted molar refractivity (Wildman–Crippen MR) is 40.6 cm³/mol. The highest BCUT2D eigenvalue weighted by Gasteiger charge is 2.39. The Bertz CT molecular complexity index is 381. The maximum absolute atomic E-state index is 12.2. The number of rotatable bonds is 2. The van der Waals surface area contributed by atoms with Gasteiger partial charge in [-0.25, -0.2) is 9.48 Å². The smallest absolute Gasteiger partial charge is 0.436 e. The van der Waals surface area contributed by atoms with E-state index in [-0.39, 0.29) is 0 Å². The number of aromatic carboxylic acids is 1. The first-order valence-corrected chi connectivity index (χ1v) is 3.38. The summed E-state index contributed by atoms with van der Waals surface area (Å²) in [6.07, 6.45) is -3.05. The summed E-state index contributed by atoms with van der Waals surface area (Å²) >= 11 is 0. The molecule has 76 valence electrons. The lowest BCUT2D eigenvalue weighted by molar-refractivity contribution is -0.141. The van der Waals surface area contributed by atoms with Gasteiger partial charge in [0.15, 0.2) is 5.69 Å². The van der Waals surface area contributed by atoms with Crippen LogP contribution in [0.15, 0.2) is 12.8 Å². The average molecular weight is 206 g/mol. The minimum atomic E-state index is -4.78. The molecular formula is C7H5F3N2O2. The zero-order chi connectivity index (χ0) is 10.9. The van der Waals surface area contributed by atoms with Crippen LogP contribution in [-0.4, -0.2) is 20.9 Å². The maximum atomic E-state index is 12.2. The fourth-order valence-electron chi connectivity index (χ4n) is 0.851. The highest BCUT2D eigenvalue weighted by atomic mass is 19.4. The van der Waals surface area contributed by atoms with E-state index >= 15 is 0 Å². The average Bonchev–Trinajstić information content (AvgIpc) is 2.46. The van der Waals surface area contributed by atoms with E-state index in [2.05, 4.69) is 11.7 Å². The minimum Gasteiger partial charge on any atom is -0.478 e. The van der Waals surface area contributed by atoms with E-state index in [0.29, 0.717) is 4.68 Å². The standard InChI is InChI=1S/C7H5F3N2O2/c1-2-12-3-4(6(13)14)5(11-12)7(8,9)10/h2-3H,1H2,(H,13,14). The van der Waals surface area contributed by atoms with Crippen molar-refractivity contribution in [1.29, 1.82) is 0 Å². The molecule has 0 radical (unpaired) electrons. The largest absolute Gasteiger partial charge is 0.478 e. The summed E-state index contributed by atoms with van der Waals surface area (Å²) in [6, 6.07) is 0. The van der Waals surface area contributed by atoms with Gasteiger partial charge in [0.2, 0.25) is 0 Å². The van der Waals surface area contributed by atoms with Crippen molar-refractivity contribution < 1.29 is 23.1 Å². The van der Waals surface area contributed by atoms with Gasteiger partial charge < -0.3 is 5.11 Å². The number of halogens is 3. The van der Waals surface area contributed by atoms with Crippen LogP contribution < -0.4 is 0 Å². The molecular weight excluding hydrogens is 201 g/mol. The molecule has 0 bridgehead atoms. The van der Waals surface area contributed by atoms with Crippen LogP contribution in [0.3, 0.4) is 0 Å². The molecule has 7 heteroatoms. The zero-order valence-corrected chi connectivity index (χ0v) is 6.75. The van der Waals surface area contributed by atoms with E-state index in [0.717, 1.165) is 12.4 Å². The van der Waals surface area contributed by atoms with Gasteiger partial charge in [-0.2, -0.15) is 18.3 Å². The van der Waals surface area contributed by atoms with E-state index in [9.17, 15) is 18.0 Å². The van der Waals surface area contributed by atoms with Gasteiger partial charge in [-0.05, 0) is 0 Å². The van der Waals surface area contributed by atoms with Gasteiger partial charge in [-0.1, -0.05) is 6.58 Å². The molecule has 1 heterocycles. The summed E-state index contributed by atoms with van der Waals surface area (Å²) in [5, 5.41) is 11.5. The summed E-state index contributed by atoms with van der Waals surface area (Å²) in [4.78, 5) is 10.4. The van der Waals surface area contributed by atoms with Crippen molar-refractivity contribution in [3.63, 3.8) is 0 Å². The van der Waals surface area contributed by atoms with E-state index in [1.54, 1.807) is 0 Å². The second kappa shape index (κ2) is 3.17. The highest BCUT2D eigenvalue weighted by Crippen LogP contribution is 2.30. The number of aromatic nitrogens is 2. The van der Waals surface area contributed by atoms with Crippen LogP contribution >= 0.6 is 0 Å². The Kier molecular flexibility index (Phi) is 2.33.